The third kappa shape index (κ3) is 5.30. The highest BCUT2D eigenvalue weighted by molar-refractivity contribution is 5.69. The van der Waals surface area contributed by atoms with Crippen molar-refractivity contribution < 1.29 is 9.53 Å². The Hall–Kier alpha value is -0.530. The van der Waals surface area contributed by atoms with Crippen LogP contribution in [0.15, 0.2) is 0 Å². The second kappa shape index (κ2) is 9.79. The van der Waals surface area contributed by atoms with Crippen LogP contribution >= 0.6 is 0 Å². The summed E-state index contributed by atoms with van der Waals surface area (Å²) in [6.07, 6.45) is 23.4. The fourth-order valence-corrected chi connectivity index (χ4v) is 6.54. The Morgan fingerprint density at radius 3 is 2.04 bits per heavy atom. The van der Waals surface area contributed by atoms with Crippen LogP contribution in [-0.2, 0) is 9.53 Å². The number of unbranched alkanes of at least 4 members (excludes halogenated alkanes) is 4. The molecular weight excluding hydrogens is 332 g/mol. The first-order valence-corrected chi connectivity index (χ1v) is 12.3. The van der Waals surface area contributed by atoms with E-state index in [1.54, 1.807) is 0 Å². The zero-order valence-corrected chi connectivity index (χ0v) is 18.2. The van der Waals surface area contributed by atoms with Crippen molar-refractivity contribution in [2.75, 3.05) is 0 Å². The molecule has 27 heavy (non-hydrogen) atoms. The van der Waals surface area contributed by atoms with Crippen LogP contribution in [0.25, 0.3) is 0 Å². The van der Waals surface area contributed by atoms with Gasteiger partial charge in [-0.1, -0.05) is 65.2 Å². The van der Waals surface area contributed by atoms with Crippen molar-refractivity contribution in [3.63, 3.8) is 0 Å². The van der Waals surface area contributed by atoms with Crippen LogP contribution in [-0.4, -0.2) is 11.6 Å². The fraction of sp³-hybridized carbons (Fsp3) is 0.960. The van der Waals surface area contributed by atoms with Gasteiger partial charge >= 0.3 is 5.97 Å². The van der Waals surface area contributed by atoms with Crippen molar-refractivity contribution >= 4 is 5.97 Å². The van der Waals surface area contributed by atoms with E-state index in [0.717, 1.165) is 37.5 Å². The molecule has 2 nitrogen and oxygen atoms in total. The van der Waals surface area contributed by atoms with Gasteiger partial charge in [-0.2, -0.15) is 0 Å². The molecule has 0 aliphatic heterocycles. The van der Waals surface area contributed by atoms with E-state index >= 15 is 0 Å². The zero-order valence-electron chi connectivity index (χ0n) is 18.2. The number of hydrogen-bond acceptors (Lipinski definition) is 2. The van der Waals surface area contributed by atoms with Gasteiger partial charge in [-0.15, -0.1) is 0 Å². The van der Waals surface area contributed by atoms with Crippen molar-refractivity contribution in [2.45, 2.75) is 135 Å². The molecule has 0 aromatic carbocycles. The molecule has 0 aromatic rings. The van der Waals surface area contributed by atoms with E-state index in [-0.39, 0.29) is 11.6 Å². The molecule has 0 amide bonds. The van der Waals surface area contributed by atoms with E-state index in [4.69, 9.17) is 4.74 Å². The van der Waals surface area contributed by atoms with E-state index in [2.05, 4.69) is 13.8 Å². The van der Waals surface area contributed by atoms with Crippen LogP contribution in [0.3, 0.4) is 0 Å². The van der Waals surface area contributed by atoms with Crippen LogP contribution in [0.5, 0.6) is 0 Å². The van der Waals surface area contributed by atoms with Crippen molar-refractivity contribution in [3.8, 4) is 0 Å². The number of fused-ring (bicyclic) bond motifs is 3. The number of esters is 1. The predicted octanol–water partition coefficient (Wildman–Crippen LogP) is 7.59. The average Bonchev–Trinajstić information content (AvgIpc) is 2.70. The summed E-state index contributed by atoms with van der Waals surface area (Å²) in [5, 5.41) is 0. The topological polar surface area (TPSA) is 26.3 Å². The van der Waals surface area contributed by atoms with Gasteiger partial charge in [0.25, 0.3) is 0 Å². The lowest BCUT2D eigenvalue weighted by atomic mass is 9.51. The summed E-state index contributed by atoms with van der Waals surface area (Å²) in [6.45, 7) is 4.36. The first-order chi connectivity index (χ1) is 13.1. The Bertz CT molecular complexity index is 436. The van der Waals surface area contributed by atoms with Crippen LogP contribution in [0.1, 0.15) is 129 Å². The minimum Gasteiger partial charge on any atom is -0.459 e. The molecule has 156 valence electrons. The van der Waals surface area contributed by atoms with E-state index in [0.29, 0.717) is 11.8 Å². The molecule has 0 aromatic heterocycles. The van der Waals surface area contributed by atoms with Crippen molar-refractivity contribution in [1.29, 1.82) is 0 Å². The molecule has 0 unspecified atom stereocenters. The van der Waals surface area contributed by atoms with Gasteiger partial charge in [0.05, 0.1) is 0 Å². The number of ether oxygens (including phenoxy) is 1. The molecule has 2 bridgehead atoms. The van der Waals surface area contributed by atoms with Gasteiger partial charge in [0.2, 0.25) is 0 Å². The summed E-state index contributed by atoms with van der Waals surface area (Å²) in [6, 6.07) is 0. The van der Waals surface area contributed by atoms with Crippen LogP contribution < -0.4 is 0 Å². The summed E-state index contributed by atoms with van der Waals surface area (Å²) >= 11 is 0. The molecule has 4 aliphatic rings. The number of hydrogen-bond donors (Lipinski definition) is 0. The van der Waals surface area contributed by atoms with Gasteiger partial charge in [0, 0.05) is 6.42 Å². The number of rotatable bonds is 10. The molecule has 0 atom stereocenters. The molecule has 4 aliphatic carbocycles. The summed E-state index contributed by atoms with van der Waals surface area (Å²) in [5.74, 6) is 2.02. The quantitative estimate of drug-likeness (QED) is 0.290. The lowest BCUT2D eigenvalue weighted by Crippen LogP contribution is -2.51. The second-order valence-electron chi connectivity index (χ2n) is 10.2. The van der Waals surface area contributed by atoms with Crippen molar-refractivity contribution in [2.24, 2.45) is 17.3 Å². The molecular formula is C25H44O2. The summed E-state index contributed by atoms with van der Waals surface area (Å²) in [4.78, 5) is 12.0. The highest BCUT2D eigenvalue weighted by atomic mass is 16.6. The Labute approximate surface area is 168 Å². The standard InChI is InChI=1S/C25H44O2/c1-3-5-6-7-8-10-21-11-13-22(14-12-21)24-15-18-25(19-16-24,20-17-24)27-23(26)9-4-2/h21-22H,3-20H2,1-2H3/t21-,22-,24?,25?. The molecule has 0 spiro atoms. The lowest BCUT2D eigenvalue weighted by Gasteiger charge is -2.56. The van der Waals surface area contributed by atoms with Crippen LogP contribution in [0.2, 0.25) is 0 Å². The molecule has 2 heteroatoms. The fourth-order valence-electron chi connectivity index (χ4n) is 6.54. The third-order valence-electron chi connectivity index (χ3n) is 8.45. The van der Waals surface area contributed by atoms with E-state index < -0.39 is 0 Å². The van der Waals surface area contributed by atoms with Gasteiger partial charge < -0.3 is 4.74 Å². The van der Waals surface area contributed by atoms with E-state index in [1.807, 2.05) is 0 Å². The highest BCUT2D eigenvalue weighted by Crippen LogP contribution is 2.60. The van der Waals surface area contributed by atoms with Crippen molar-refractivity contribution in [3.05, 3.63) is 0 Å². The monoisotopic (exact) mass is 376 g/mol. The van der Waals surface area contributed by atoms with E-state index in [1.165, 1.54) is 83.5 Å². The highest BCUT2D eigenvalue weighted by Gasteiger charge is 2.53. The summed E-state index contributed by atoms with van der Waals surface area (Å²) in [7, 11) is 0. The summed E-state index contributed by atoms with van der Waals surface area (Å²) < 4.78 is 5.99. The normalized spacial score (nSPS) is 35.9. The van der Waals surface area contributed by atoms with Gasteiger partial charge in [-0.25, -0.2) is 0 Å². The Balaban J connectivity index is 1.41. The Morgan fingerprint density at radius 2 is 1.44 bits per heavy atom. The second-order valence-corrected chi connectivity index (χ2v) is 10.2. The van der Waals surface area contributed by atoms with Gasteiger partial charge in [0.15, 0.2) is 0 Å². The van der Waals surface area contributed by atoms with Gasteiger partial charge in [-0.05, 0) is 75.0 Å². The van der Waals surface area contributed by atoms with Gasteiger partial charge in [-0.3, -0.25) is 4.79 Å². The number of carbonyl (C=O) groups excluding carboxylic acids is 1. The van der Waals surface area contributed by atoms with Crippen LogP contribution in [0.4, 0.5) is 0 Å². The van der Waals surface area contributed by atoms with Gasteiger partial charge in [0.1, 0.15) is 5.60 Å². The van der Waals surface area contributed by atoms with Crippen LogP contribution in [0, 0.1) is 17.3 Å². The molecule has 0 N–H and O–H groups in total. The average molecular weight is 377 g/mol. The Kier molecular flexibility index (Phi) is 7.68. The maximum atomic E-state index is 12.0. The van der Waals surface area contributed by atoms with Crippen molar-refractivity contribution in [1.82, 2.24) is 0 Å². The maximum Gasteiger partial charge on any atom is 0.306 e. The molecule has 4 fully saturated rings. The minimum absolute atomic E-state index is 0.0475. The molecule has 4 rings (SSSR count). The first-order valence-electron chi connectivity index (χ1n) is 12.3. The number of carbonyl (C=O) groups is 1. The molecule has 0 radical (unpaired) electrons. The maximum absolute atomic E-state index is 12.0. The third-order valence-corrected chi connectivity index (χ3v) is 8.45. The smallest absolute Gasteiger partial charge is 0.306 e. The lowest BCUT2D eigenvalue weighted by molar-refractivity contribution is -0.182. The zero-order chi connectivity index (χ0) is 19.2. The molecule has 0 saturated heterocycles. The van der Waals surface area contributed by atoms with E-state index in [9.17, 15) is 4.79 Å². The Morgan fingerprint density at radius 1 is 0.815 bits per heavy atom. The minimum atomic E-state index is -0.0797. The SMILES string of the molecule is CCCCCCC[C@H]1CC[C@H](C23CCC(OC(=O)CCC)(CC2)CC3)CC1. The molecule has 0 heterocycles. The predicted molar refractivity (Wildman–Crippen MR) is 113 cm³/mol. The summed E-state index contributed by atoms with van der Waals surface area (Å²) in [5.41, 5.74) is 0.523. The largest absolute Gasteiger partial charge is 0.459 e. The molecule has 4 saturated carbocycles. The first kappa shape index (κ1) is 21.2.